The van der Waals surface area contributed by atoms with Crippen LogP contribution < -0.4 is 16.4 Å². The number of rotatable bonds is 4. The molecule has 0 spiro atoms. The van der Waals surface area contributed by atoms with Gasteiger partial charge in [-0.25, -0.2) is 0 Å². The van der Waals surface area contributed by atoms with Crippen LogP contribution in [0.3, 0.4) is 0 Å². The molecule has 0 atom stereocenters. The molecule has 2 rings (SSSR count). The molecule has 0 aliphatic rings. The van der Waals surface area contributed by atoms with Crippen molar-refractivity contribution in [2.75, 3.05) is 16.4 Å². The minimum atomic E-state index is -0.101. The Morgan fingerprint density at radius 3 is 2.38 bits per heavy atom. The molecule has 1 amide bonds. The van der Waals surface area contributed by atoms with E-state index < -0.39 is 0 Å². The minimum Gasteiger partial charge on any atom is -0.397 e. The van der Waals surface area contributed by atoms with Gasteiger partial charge in [0.1, 0.15) is 0 Å². The third-order valence-electron chi connectivity index (χ3n) is 3.25. The van der Waals surface area contributed by atoms with Crippen LogP contribution in [0, 0.1) is 0 Å². The lowest BCUT2D eigenvalue weighted by atomic mass is 10.0. The van der Waals surface area contributed by atoms with Crippen LogP contribution in [0.25, 0.3) is 0 Å². The van der Waals surface area contributed by atoms with Gasteiger partial charge in [-0.15, -0.1) is 0 Å². The molecule has 0 unspecified atom stereocenters. The third kappa shape index (κ3) is 3.75. The number of hydrogen-bond acceptors (Lipinski definition) is 3. The number of anilines is 4. The van der Waals surface area contributed by atoms with Crippen molar-refractivity contribution in [1.82, 2.24) is 0 Å². The van der Waals surface area contributed by atoms with Crippen molar-refractivity contribution < 1.29 is 4.79 Å². The van der Waals surface area contributed by atoms with Crippen molar-refractivity contribution in [3.05, 3.63) is 48.0 Å². The number of para-hydroxylation sites is 2. The highest BCUT2D eigenvalue weighted by Crippen LogP contribution is 2.31. The lowest BCUT2D eigenvalue weighted by molar-refractivity contribution is -0.114. The molecule has 0 aromatic heterocycles. The number of carbonyl (C=O) groups excluding carboxylic acids is 1. The summed E-state index contributed by atoms with van der Waals surface area (Å²) in [5.41, 5.74) is 10.2. The first-order valence-electron chi connectivity index (χ1n) is 7.00. The van der Waals surface area contributed by atoms with Crippen molar-refractivity contribution in [2.45, 2.75) is 26.7 Å². The monoisotopic (exact) mass is 283 g/mol. The smallest absolute Gasteiger partial charge is 0.221 e. The summed E-state index contributed by atoms with van der Waals surface area (Å²) in [6, 6.07) is 13.5. The predicted octanol–water partition coefficient (Wildman–Crippen LogP) is 4.09. The van der Waals surface area contributed by atoms with Gasteiger partial charge in [0, 0.05) is 6.92 Å². The summed E-state index contributed by atoms with van der Waals surface area (Å²) in [6.07, 6.45) is 0. The van der Waals surface area contributed by atoms with E-state index in [0.717, 1.165) is 17.1 Å². The van der Waals surface area contributed by atoms with E-state index in [1.165, 1.54) is 12.5 Å². The van der Waals surface area contributed by atoms with Gasteiger partial charge < -0.3 is 16.4 Å². The van der Waals surface area contributed by atoms with Gasteiger partial charge in [-0.3, -0.25) is 4.79 Å². The predicted molar refractivity (Wildman–Crippen MR) is 89.0 cm³/mol. The second kappa shape index (κ2) is 6.31. The zero-order valence-corrected chi connectivity index (χ0v) is 12.6. The Morgan fingerprint density at radius 1 is 1.05 bits per heavy atom. The SMILES string of the molecule is CC(=O)Nc1ccc(C(C)C)cc1Nc1ccccc1N. The first-order chi connectivity index (χ1) is 9.97. The van der Waals surface area contributed by atoms with Gasteiger partial charge in [0.15, 0.2) is 0 Å². The summed E-state index contributed by atoms with van der Waals surface area (Å²) < 4.78 is 0. The van der Waals surface area contributed by atoms with Crippen LogP contribution in [0.1, 0.15) is 32.3 Å². The van der Waals surface area contributed by atoms with Crippen molar-refractivity contribution in [3.8, 4) is 0 Å². The number of hydrogen-bond donors (Lipinski definition) is 3. The molecular formula is C17H21N3O. The van der Waals surface area contributed by atoms with Crippen molar-refractivity contribution in [2.24, 2.45) is 0 Å². The van der Waals surface area contributed by atoms with Crippen molar-refractivity contribution in [3.63, 3.8) is 0 Å². The lowest BCUT2D eigenvalue weighted by Crippen LogP contribution is -2.09. The van der Waals surface area contributed by atoms with E-state index in [0.29, 0.717) is 11.6 Å². The van der Waals surface area contributed by atoms with Crippen LogP contribution in [-0.4, -0.2) is 5.91 Å². The quantitative estimate of drug-likeness (QED) is 0.740. The standard InChI is InChI=1S/C17H21N3O/c1-11(2)13-8-9-16(19-12(3)21)17(10-13)20-15-7-5-4-6-14(15)18/h4-11,20H,18H2,1-3H3,(H,19,21). The third-order valence-corrected chi connectivity index (χ3v) is 3.25. The molecule has 4 nitrogen and oxygen atoms in total. The topological polar surface area (TPSA) is 67.2 Å². The van der Waals surface area contributed by atoms with E-state index >= 15 is 0 Å². The fraction of sp³-hybridized carbons (Fsp3) is 0.235. The van der Waals surface area contributed by atoms with E-state index in [-0.39, 0.29) is 5.91 Å². The highest BCUT2D eigenvalue weighted by Gasteiger charge is 2.09. The maximum absolute atomic E-state index is 11.3. The van der Waals surface area contributed by atoms with Crippen LogP contribution in [0.5, 0.6) is 0 Å². The highest BCUT2D eigenvalue weighted by atomic mass is 16.1. The second-order valence-corrected chi connectivity index (χ2v) is 5.35. The summed E-state index contributed by atoms with van der Waals surface area (Å²) in [4.78, 5) is 11.3. The summed E-state index contributed by atoms with van der Waals surface area (Å²) in [6.45, 7) is 5.76. The summed E-state index contributed by atoms with van der Waals surface area (Å²) >= 11 is 0. The molecule has 0 aliphatic carbocycles. The maximum atomic E-state index is 11.3. The number of nitrogens with two attached hydrogens (primary N) is 1. The van der Waals surface area contributed by atoms with Gasteiger partial charge in [-0.05, 0) is 35.7 Å². The molecule has 21 heavy (non-hydrogen) atoms. The van der Waals surface area contributed by atoms with E-state index in [2.05, 4.69) is 24.5 Å². The summed E-state index contributed by atoms with van der Waals surface area (Å²) in [5.74, 6) is 0.307. The zero-order chi connectivity index (χ0) is 15.4. The van der Waals surface area contributed by atoms with Gasteiger partial charge in [-0.2, -0.15) is 0 Å². The van der Waals surface area contributed by atoms with Crippen molar-refractivity contribution in [1.29, 1.82) is 0 Å². The molecule has 0 heterocycles. The second-order valence-electron chi connectivity index (χ2n) is 5.35. The number of amides is 1. The number of nitrogens with one attached hydrogen (secondary N) is 2. The van der Waals surface area contributed by atoms with Gasteiger partial charge in [-0.1, -0.05) is 32.0 Å². The van der Waals surface area contributed by atoms with Crippen LogP contribution in [0.2, 0.25) is 0 Å². The van der Waals surface area contributed by atoms with Gasteiger partial charge >= 0.3 is 0 Å². The average molecular weight is 283 g/mol. The summed E-state index contributed by atoms with van der Waals surface area (Å²) in [7, 11) is 0. The number of benzene rings is 2. The molecule has 4 heteroatoms. The lowest BCUT2D eigenvalue weighted by Gasteiger charge is -2.16. The summed E-state index contributed by atoms with van der Waals surface area (Å²) in [5, 5.41) is 6.14. The van der Waals surface area contributed by atoms with E-state index in [1.807, 2.05) is 42.5 Å². The first-order valence-corrected chi connectivity index (χ1v) is 7.00. The Bertz CT molecular complexity index is 650. The van der Waals surface area contributed by atoms with Gasteiger partial charge in [0.25, 0.3) is 0 Å². The molecule has 2 aromatic rings. The highest BCUT2D eigenvalue weighted by molar-refractivity contribution is 5.94. The normalized spacial score (nSPS) is 10.5. The molecule has 0 aliphatic heterocycles. The number of nitrogen functional groups attached to an aromatic ring is 1. The fourth-order valence-electron chi connectivity index (χ4n) is 2.08. The van der Waals surface area contributed by atoms with E-state index in [9.17, 15) is 4.79 Å². The maximum Gasteiger partial charge on any atom is 0.221 e. The van der Waals surface area contributed by atoms with Crippen LogP contribution >= 0.6 is 0 Å². The van der Waals surface area contributed by atoms with Crippen molar-refractivity contribution >= 4 is 28.7 Å². The Balaban J connectivity index is 2.40. The molecular weight excluding hydrogens is 262 g/mol. The largest absolute Gasteiger partial charge is 0.397 e. The molecule has 0 radical (unpaired) electrons. The van der Waals surface area contributed by atoms with Crippen LogP contribution in [-0.2, 0) is 4.79 Å². The van der Waals surface area contributed by atoms with Gasteiger partial charge in [0.05, 0.1) is 22.7 Å². The van der Waals surface area contributed by atoms with E-state index in [4.69, 9.17) is 5.73 Å². The Kier molecular flexibility index (Phi) is 4.48. The molecule has 2 aromatic carbocycles. The van der Waals surface area contributed by atoms with Gasteiger partial charge in [0.2, 0.25) is 5.91 Å². The molecule has 110 valence electrons. The molecule has 0 fully saturated rings. The Morgan fingerprint density at radius 2 is 1.76 bits per heavy atom. The minimum absolute atomic E-state index is 0.101. The molecule has 0 saturated heterocycles. The van der Waals surface area contributed by atoms with E-state index in [1.54, 1.807) is 0 Å². The molecule has 0 saturated carbocycles. The van der Waals surface area contributed by atoms with Crippen LogP contribution in [0.15, 0.2) is 42.5 Å². The molecule has 0 bridgehead atoms. The Hall–Kier alpha value is -2.49. The van der Waals surface area contributed by atoms with Crippen LogP contribution in [0.4, 0.5) is 22.7 Å². The Labute approximate surface area is 125 Å². The number of carbonyl (C=O) groups is 1. The molecule has 4 N–H and O–H groups in total. The first kappa shape index (κ1) is 14.9. The fourth-order valence-corrected chi connectivity index (χ4v) is 2.08. The zero-order valence-electron chi connectivity index (χ0n) is 12.6. The average Bonchev–Trinajstić information content (AvgIpc) is 2.42.